The fourth-order valence-electron chi connectivity index (χ4n) is 2.99. The number of halogens is 3. The van der Waals surface area contributed by atoms with Gasteiger partial charge in [-0.1, -0.05) is 11.6 Å². The van der Waals surface area contributed by atoms with Gasteiger partial charge in [-0.15, -0.1) is 0 Å². The molecular weight excluding hydrogens is 295 g/mol. The molecule has 0 spiro atoms. The van der Waals surface area contributed by atoms with E-state index < -0.39 is 12.7 Å². The molecule has 0 aromatic heterocycles. The summed E-state index contributed by atoms with van der Waals surface area (Å²) in [5, 5.41) is 2.88. The van der Waals surface area contributed by atoms with Crippen molar-refractivity contribution in [2.24, 2.45) is 0 Å². The number of carbonyl (C=O) groups is 1. The molecule has 1 N–H and O–H groups in total. The maximum atomic E-state index is 12.4. The number of allylic oxidation sites excluding steroid dienone is 1. The zero-order valence-electron chi connectivity index (χ0n) is 12.8. The van der Waals surface area contributed by atoms with Crippen molar-refractivity contribution in [1.29, 1.82) is 0 Å². The van der Waals surface area contributed by atoms with E-state index in [0.717, 1.165) is 19.3 Å². The van der Waals surface area contributed by atoms with Gasteiger partial charge in [0.25, 0.3) is 0 Å². The number of rotatable bonds is 4. The minimum Gasteiger partial charge on any atom is -0.338 e. The molecule has 0 aromatic carbocycles. The smallest absolute Gasteiger partial charge is 0.338 e. The van der Waals surface area contributed by atoms with Gasteiger partial charge in [0.05, 0.1) is 6.54 Å². The predicted octanol–water partition coefficient (Wildman–Crippen LogP) is 2.77. The summed E-state index contributed by atoms with van der Waals surface area (Å²) in [5.74, 6) is 0. The van der Waals surface area contributed by atoms with Crippen LogP contribution in [-0.4, -0.2) is 61.3 Å². The molecule has 126 valence electrons. The Labute approximate surface area is 129 Å². The molecule has 0 atom stereocenters. The Bertz CT molecular complexity index is 409. The van der Waals surface area contributed by atoms with E-state index in [1.807, 2.05) is 0 Å². The number of hydrogen-bond donors (Lipinski definition) is 1. The highest BCUT2D eigenvalue weighted by molar-refractivity contribution is 5.74. The Morgan fingerprint density at radius 2 is 2.00 bits per heavy atom. The Hall–Kier alpha value is -1.24. The molecule has 0 radical (unpaired) electrons. The molecule has 0 saturated carbocycles. The Morgan fingerprint density at radius 1 is 1.18 bits per heavy atom. The molecule has 2 aliphatic rings. The minimum absolute atomic E-state index is 0.160. The van der Waals surface area contributed by atoms with Crippen molar-refractivity contribution in [3.05, 3.63) is 11.6 Å². The Balaban J connectivity index is 1.69. The second-order valence-electron chi connectivity index (χ2n) is 5.97. The molecule has 22 heavy (non-hydrogen) atoms. The van der Waals surface area contributed by atoms with E-state index in [9.17, 15) is 18.0 Å². The molecule has 0 bridgehead atoms. The van der Waals surface area contributed by atoms with Gasteiger partial charge < -0.3 is 10.2 Å². The van der Waals surface area contributed by atoms with Crippen molar-refractivity contribution < 1.29 is 18.0 Å². The van der Waals surface area contributed by atoms with Gasteiger partial charge in [-0.2, -0.15) is 13.2 Å². The predicted molar refractivity (Wildman–Crippen MR) is 78.6 cm³/mol. The van der Waals surface area contributed by atoms with Crippen LogP contribution in [0.1, 0.15) is 32.1 Å². The van der Waals surface area contributed by atoms with Crippen LogP contribution in [-0.2, 0) is 0 Å². The second-order valence-corrected chi connectivity index (χ2v) is 5.97. The first-order valence-electron chi connectivity index (χ1n) is 7.94. The van der Waals surface area contributed by atoms with E-state index >= 15 is 0 Å². The van der Waals surface area contributed by atoms with Gasteiger partial charge in [0.1, 0.15) is 0 Å². The van der Waals surface area contributed by atoms with Crippen molar-refractivity contribution in [2.45, 2.75) is 38.3 Å². The van der Waals surface area contributed by atoms with Gasteiger partial charge in [-0.25, -0.2) is 4.79 Å². The maximum Gasteiger partial charge on any atom is 0.401 e. The van der Waals surface area contributed by atoms with Crippen molar-refractivity contribution in [1.82, 2.24) is 15.1 Å². The standard InChI is InChI=1S/C15H24F3N3O/c16-15(17,18)12-20-8-3-9-21(11-10-20)14(22)19-7-6-13-4-1-2-5-13/h4H,1-3,5-12H2,(H,19,22). The number of hydrogen-bond acceptors (Lipinski definition) is 2. The fourth-order valence-corrected chi connectivity index (χ4v) is 2.99. The molecule has 2 rings (SSSR count). The van der Waals surface area contributed by atoms with E-state index in [1.165, 1.54) is 16.9 Å². The van der Waals surface area contributed by atoms with Gasteiger partial charge >= 0.3 is 12.2 Å². The summed E-state index contributed by atoms with van der Waals surface area (Å²) in [6.45, 7) is 1.24. The van der Waals surface area contributed by atoms with Crippen LogP contribution in [0.2, 0.25) is 0 Å². The highest BCUT2D eigenvalue weighted by atomic mass is 19.4. The monoisotopic (exact) mass is 319 g/mol. The summed E-state index contributed by atoms with van der Waals surface area (Å²) in [4.78, 5) is 15.1. The van der Waals surface area contributed by atoms with Crippen LogP contribution in [0.4, 0.5) is 18.0 Å². The largest absolute Gasteiger partial charge is 0.401 e. The maximum absolute atomic E-state index is 12.4. The Kier molecular flexibility index (Phi) is 6.11. The van der Waals surface area contributed by atoms with Gasteiger partial charge in [-0.3, -0.25) is 4.90 Å². The van der Waals surface area contributed by atoms with Crippen LogP contribution in [0.5, 0.6) is 0 Å². The molecule has 0 aromatic rings. The topological polar surface area (TPSA) is 35.6 Å². The molecule has 0 unspecified atom stereocenters. The summed E-state index contributed by atoms with van der Waals surface area (Å²) >= 11 is 0. The molecule has 7 heteroatoms. The summed E-state index contributed by atoms with van der Waals surface area (Å²) in [6, 6.07) is -0.160. The van der Waals surface area contributed by atoms with Crippen LogP contribution in [0, 0.1) is 0 Å². The SMILES string of the molecule is O=C(NCCC1=CCCC1)N1CCCN(CC(F)(F)F)CC1. The number of amides is 2. The molecule has 1 fully saturated rings. The quantitative estimate of drug-likeness (QED) is 0.809. The van der Waals surface area contributed by atoms with Crippen LogP contribution in [0.3, 0.4) is 0 Å². The van der Waals surface area contributed by atoms with E-state index in [1.54, 1.807) is 4.90 Å². The van der Waals surface area contributed by atoms with Gasteiger partial charge in [0.2, 0.25) is 0 Å². The molecule has 4 nitrogen and oxygen atoms in total. The van der Waals surface area contributed by atoms with Crippen LogP contribution in [0.25, 0.3) is 0 Å². The number of urea groups is 1. The number of carbonyl (C=O) groups excluding carboxylic acids is 1. The normalized spacial score (nSPS) is 20.7. The summed E-state index contributed by atoms with van der Waals surface area (Å²) in [5.41, 5.74) is 1.40. The molecule has 1 aliphatic heterocycles. The first-order chi connectivity index (χ1) is 10.4. The fraction of sp³-hybridized carbons (Fsp3) is 0.800. The van der Waals surface area contributed by atoms with E-state index in [2.05, 4.69) is 11.4 Å². The molecular formula is C15H24F3N3O. The van der Waals surface area contributed by atoms with Crippen LogP contribution < -0.4 is 5.32 Å². The van der Waals surface area contributed by atoms with Crippen molar-refractivity contribution in [3.63, 3.8) is 0 Å². The highest BCUT2D eigenvalue weighted by Crippen LogP contribution is 2.20. The third-order valence-electron chi connectivity index (χ3n) is 4.14. The van der Waals surface area contributed by atoms with Gasteiger partial charge in [0.15, 0.2) is 0 Å². The van der Waals surface area contributed by atoms with Gasteiger partial charge in [0, 0.05) is 32.7 Å². The average Bonchev–Trinajstić information content (AvgIpc) is 2.83. The van der Waals surface area contributed by atoms with E-state index in [0.29, 0.717) is 32.6 Å². The lowest BCUT2D eigenvalue weighted by Gasteiger charge is -2.23. The first kappa shape index (κ1) is 17.1. The number of nitrogens with one attached hydrogen (secondary N) is 1. The minimum atomic E-state index is -4.17. The van der Waals surface area contributed by atoms with Crippen molar-refractivity contribution in [3.8, 4) is 0 Å². The lowest BCUT2D eigenvalue weighted by atomic mass is 10.2. The summed E-state index contributed by atoms with van der Waals surface area (Å²) in [6.07, 6.45) is 2.95. The zero-order valence-corrected chi connectivity index (χ0v) is 12.8. The second kappa shape index (κ2) is 7.85. The van der Waals surface area contributed by atoms with Crippen molar-refractivity contribution in [2.75, 3.05) is 39.3 Å². The van der Waals surface area contributed by atoms with Crippen LogP contribution >= 0.6 is 0 Å². The first-order valence-corrected chi connectivity index (χ1v) is 7.94. The number of alkyl halides is 3. The summed E-state index contributed by atoms with van der Waals surface area (Å²) in [7, 11) is 0. The molecule has 1 aliphatic carbocycles. The third kappa shape index (κ3) is 5.87. The van der Waals surface area contributed by atoms with Crippen molar-refractivity contribution >= 4 is 6.03 Å². The number of nitrogens with zero attached hydrogens (tertiary/aromatic N) is 2. The molecule has 1 heterocycles. The highest BCUT2D eigenvalue weighted by Gasteiger charge is 2.31. The third-order valence-corrected chi connectivity index (χ3v) is 4.14. The molecule has 2 amide bonds. The van der Waals surface area contributed by atoms with E-state index in [4.69, 9.17) is 0 Å². The lowest BCUT2D eigenvalue weighted by Crippen LogP contribution is -2.43. The van der Waals surface area contributed by atoms with Crippen LogP contribution in [0.15, 0.2) is 11.6 Å². The summed E-state index contributed by atoms with van der Waals surface area (Å²) < 4.78 is 37.2. The van der Waals surface area contributed by atoms with Gasteiger partial charge in [-0.05, 0) is 32.1 Å². The molecule has 1 saturated heterocycles. The van der Waals surface area contributed by atoms with E-state index in [-0.39, 0.29) is 12.6 Å². The Morgan fingerprint density at radius 3 is 2.68 bits per heavy atom. The zero-order chi connectivity index (χ0) is 16.0. The average molecular weight is 319 g/mol. The lowest BCUT2D eigenvalue weighted by molar-refractivity contribution is -0.145.